The summed E-state index contributed by atoms with van der Waals surface area (Å²) in [6.45, 7) is 3.95. The number of hydrogen-bond acceptors (Lipinski definition) is 2. The lowest BCUT2D eigenvalue weighted by atomic mass is 10.1. The zero-order valence-corrected chi connectivity index (χ0v) is 12.4. The molecule has 0 aliphatic carbocycles. The maximum atomic E-state index is 13.0. The minimum atomic E-state index is -2.51. The van der Waals surface area contributed by atoms with E-state index in [1.54, 1.807) is 6.07 Å². The summed E-state index contributed by atoms with van der Waals surface area (Å²) in [6, 6.07) is 7.54. The third kappa shape index (κ3) is 4.77. The smallest absolute Gasteiger partial charge is 0.251 e. The van der Waals surface area contributed by atoms with Crippen molar-refractivity contribution in [2.45, 2.75) is 32.1 Å². The van der Waals surface area contributed by atoms with Crippen molar-refractivity contribution in [2.75, 3.05) is 26.2 Å². The van der Waals surface area contributed by atoms with E-state index in [0.29, 0.717) is 31.7 Å². The Morgan fingerprint density at radius 1 is 1.33 bits per heavy atom. The van der Waals surface area contributed by atoms with E-state index in [1.807, 2.05) is 30.0 Å². The summed E-state index contributed by atoms with van der Waals surface area (Å²) in [5, 5.41) is 2.85. The van der Waals surface area contributed by atoms with Gasteiger partial charge in [-0.15, -0.1) is 0 Å². The van der Waals surface area contributed by atoms with Crippen LogP contribution in [0.4, 0.5) is 8.78 Å². The van der Waals surface area contributed by atoms with Gasteiger partial charge in [0.2, 0.25) is 0 Å². The first-order valence-corrected chi connectivity index (χ1v) is 7.47. The Hall–Kier alpha value is -1.49. The number of hydrogen-bond donors (Lipinski definition) is 1. The van der Waals surface area contributed by atoms with Crippen LogP contribution >= 0.6 is 0 Å². The molecular formula is C16H22F2N2O. The first-order valence-electron chi connectivity index (χ1n) is 7.47. The van der Waals surface area contributed by atoms with E-state index in [4.69, 9.17) is 0 Å². The van der Waals surface area contributed by atoms with Gasteiger partial charge in [-0.05, 0) is 24.1 Å². The number of amides is 1. The lowest BCUT2D eigenvalue weighted by molar-refractivity contribution is -0.0547. The highest BCUT2D eigenvalue weighted by molar-refractivity contribution is 5.94. The van der Waals surface area contributed by atoms with Crippen molar-refractivity contribution in [1.82, 2.24) is 10.2 Å². The van der Waals surface area contributed by atoms with Crippen LogP contribution in [0, 0.1) is 0 Å². The topological polar surface area (TPSA) is 32.3 Å². The van der Waals surface area contributed by atoms with Gasteiger partial charge in [-0.25, -0.2) is 8.78 Å². The number of likely N-dealkylation sites (tertiary alicyclic amines) is 1. The summed E-state index contributed by atoms with van der Waals surface area (Å²) in [5.41, 5.74) is 1.78. The number of nitrogens with one attached hydrogen (secondary N) is 1. The van der Waals surface area contributed by atoms with Gasteiger partial charge in [0, 0.05) is 44.6 Å². The van der Waals surface area contributed by atoms with Crippen LogP contribution in [0.25, 0.3) is 0 Å². The molecule has 1 aliphatic rings. The van der Waals surface area contributed by atoms with E-state index in [2.05, 4.69) is 5.32 Å². The number of piperidine rings is 1. The number of aryl methyl sites for hydroxylation is 1. The zero-order chi connectivity index (χ0) is 15.3. The molecule has 5 heteroatoms. The van der Waals surface area contributed by atoms with Gasteiger partial charge < -0.3 is 10.2 Å². The molecule has 1 N–H and O–H groups in total. The average Bonchev–Trinajstić information content (AvgIpc) is 2.49. The van der Waals surface area contributed by atoms with Crippen LogP contribution in [0.5, 0.6) is 0 Å². The molecule has 0 saturated carbocycles. The Balaban J connectivity index is 1.74. The summed E-state index contributed by atoms with van der Waals surface area (Å²) >= 11 is 0. The number of nitrogens with zero attached hydrogens (tertiary/aromatic N) is 1. The molecule has 1 aromatic rings. The van der Waals surface area contributed by atoms with E-state index in [-0.39, 0.29) is 18.7 Å². The number of rotatable bonds is 5. The molecule has 0 atom stereocenters. The number of alkyl halides is 2. The van der Waals surface area contributed by atoms with Gasteiger partial charge in [0.25, 0.3) is 11.8 Å². The highest BCUT2D eigenvalue weighted by Gasteiger charge is 2.33. The average molecular weight is 296 g/mol. The van der Waals surface area contributed by atoms with Crippen LogP contribution < -0.4 is 5.32 Å². The van der Waals surface area contributed by atoms with Crippen molar-refractivity contribution in [2.24, 2.45) is 0 Å². The molecule has 1 aliphatic heterocycles. The van der Waals surface area contributed by atoms with Crippen LogP contribution in [-0.4, -0.2) is 42.9 Å². The summed E-state index contributed by atoms with van der Waals surface area (Å²) in [5.74, 6) is -2.62. The van der Waals surface area contributed by atoms with Crippen molar-refractivity contribution in [3.05, 3.63) is 35.4 Å². The molecule has 0 unspecified atom stereocenters. The standard InChI is InChI=1S/C16H22F2N2O/c1-2-13-4-3-5-14(12-13)15(21)19-8-11-20-9-6-16(17,18)7-10-20/h3-5,12H,2,6-11H2,1H3,(H,19,21). The minimum Gasteiger partial charge on any atom is -0.351 e. The van der Waals surface area contributed by atoms with Gasteiger partial charge in [-0.3, -0.25) is 4.79 Å². The van der Waals surface area contributed by atoms with E-state index in [9.17, 15) is 13.6 Å². The Labute approximate surface area is 124 Å². The van der Waals surface area contributed by atoms with Gasteiger partial charge in [-0.2, -0.15) is 0 Å². The molecule has 116 valence electrons. The molecule has 1 amide bonds. The minimum absolute atomic E-state index is 0.0838. The number of benzene rings is 1. The second kappa shape index (κ2) is 6.98. The Morgan fingerprint density at radius 3 is 2.71 bits per heavy atom. The summed E-state index contributed by atoms with van der Waals surface area (Å²) < 4.78 is 26.0. The molecule has 2 rings (SSSR count). The Morgan fingerprint density at radius 2 is 2.05 bits per heavy atom. The van der Waals surface area contributed by atoms with Crippen LogP contribution in [0.15, 0.2) is 24.3 Å². The molecule has 3 nitrogen and oxygen atoms in total. The van der Waals surface area contributed by atoms with Gasteiger partial charge in [0.15, 0.2) is 0 Å². The summed E-state index contributed by atoms with van der Waals surface area (Å²) in [7, 11) is 0. The van der Waals surface area contributed by atoms with Crippen molar-refractivity contribution >= 4 is 5.91 Å². The molecular weight excluding hydrogens is 274 g/mol. The summed E-state index contributed by atoms with van der Waals surface area (Å²) in [4.78, 5) is 14.0. The van der Waals surface area contributed by atoms with Gasteiger partial charge >= 0.3 is 0 Å². The second-order valence-electron chi connectivity index (χ2n) is 5.51. The van der Waals surface area contributed by atoms with Crippen molar-refractivity contribution < 1.29 is 13.6 Å². The quantitative estimate of drug-likeness (QED) is 0.906. The van der Waals surface area contributed by atoms with E-state index < -0.39 is 5.92 Å². The fraction of sp³-hybridized carbons (Fsp3) is 0.562. The third-order valence-electron chi connectivity index (χ3n) is 3.90. The van der Waals surface area contributed by atoms with E-state index >= 15 is 0 Å². The van der Waals surface area contributed by atoms with Gasteiger partial charge in [-0.1, -0.05) is 19.1 Å². The summed E-state index contributed by atoms with van der Waals surface area (Å²) in [6.07, 6.45) is 0.724. The maximum Gasteiger partial charge on any atom is 0.251 e. The highest BCUT2D eigenvalue weighted by atomic mass is 19.3. The highest BCUT2D eigenvalue weighted by Crippen LogP contribution is 2.27. The van der Waals surface area contributed by atoms with E-state index in [1.165, 1.54) is 0 Å². The first kappa shape index (κ1) is 15.9. The van der Waals surface area contributed by atoms with Crippen molar-refractivity contribution in [3.8, 4) is 0 Å². The lowest BCUT2D eigenvalue weighted by Crippen LogP contribution is -2.43. The fourth-order valence-corrected chi connectivity index (χ4v) is 2.47. The largest absolute Gasteiger partial charge is 0.351 e. The maximum absolute atomic E-state index is 13.0. The predicted octanol–water partition coefficient (Wildman–Crippen LogP) is 2.71. The van der Waals surface area contributed by atoms with Crippen molar-refractivity contribution in [1.29, 1.82) is 0 Å². The van der Waals surface area contributed by atoms with Gasteiger partial charge in [0.1, 0.15) is 0 Å². The van der Waals surface area contributed by atoms with E-state index in [0.717, 1.165) is 12.0 Å². The first-order chi connectivity index (χ1) is 10.00. The molecule has 0 spiro atoms. The zero-order valence-electron chi connectivity index (χ0n) is 12.4. The van der Waals surface area contributed by atoms with Crippen molar-refractivity contribution in [3.63, 3.8) is 0 Å². The van der Waals surface area contributed by atoms with Gasteiger partial charge in [0.05, 0.1) is 0 Å². The normalized spacial score (nSPS) is 18.4. The lowest BCUT2D eigenvalue weighted by Gasteiger charge is -2.31. The van der Waals surface area contributed by atoms with Crippen LogP contribution in [0.1, 0.15) is 35.7 Å². The Kier molecular flexibility index (Phi) is 5.28. The Bertz CT molecular complexity index is 481. The molecule has 0 bridgehead atoms. The second-order valence-corrected chi connectivity index (χ2v) is 5.51. The SMILES string of the molecule is CCc1cccc(C(=O)NCCN2CCC(F)(F)CC2)c1. The number of carbonyl (C=O) groups is 1. The third-order valence-corrected chi connectivity index (χ3v) is 3.90. The van der Waals surface area contributed by atoms with Crippen LogP contribution in [0.3, 0.4) is 0 Å². The molecule has 21 heavy (non-hydrogen) atoms. The number of carbonyl (C=O) groups excluding carboxylic acids is 1. The molecule has 1 heterocycles. The molecule has 1 fully saturated rings. The molecule has 0 radical (unpaired) electrons. The molecule has 1 aromatic carbocycles. The molecule has 0 aromatic heterocycles. The monoisotopic (exact) mass is 296 g/mol. The fourth-order valence-electron chi connectivity index (χ4n) is 2.47. The van der Waals surface area contributed by atoms with Crippen LogP contribution in [0.2, 0.25) is 0 Å². The number of halogens is 2. The predicted molar refractivity (Wildman–Crippen MR) is 78.8 cm³/mol. The van der Waals surface area contributed by atoms with Crippen LogP contribution in [-0.2, 0) is 6.42 Å². The molecule has 1 saturated heterocycles.